The highest BCUT2D eigenvalue weighted by atomic mass is 32.1. The topological polar surface area (TPSA) is 323 Å². The zero-order valence-electron chi connectivity index (χ0n) is 28.8. The van der Waals surface area contributed by atoms with Gasteiger partial charge in [0.05, 0.1) is 19.2 Å². The Morgan fingerprint density at radius 2 is 1.16 bits per heavy atom. The Balaban J connectivity index is 5.38. The van der Waals surface area contributed by atoms with Gasteiger partial charge in [-0.05, 0) is 30.6 Å². The molecule has 0 radical (unpaired) electrons. The molecular formula is C29H54N10O9S. The third-order valence-corrected chi connectivity index (χ3v) is 7.48. The van der Waals surface area contributed by atoms with E-state index in [9.17, 15) is 43.8 Å². The number of carbonyl (C=O) groups excluding carboxylic acids is 6. The van der Waals surface area contributed by atoms with Crippen LogP contribution in [0.1, 0.15) is 54.4 Å². The van der Waals surface area contributed by atoms with Crippen molar-refractivity contribution in [1.82, 2.24) is 31.9 Å². The van der Waals surface area contributed by atoms with Gasteiger partial charge in [-0.3, -0.25) is 33.8 Å². The number of nitrogens with zero attached hydrogens (tertiary/aromatic N) is 1. The van der Waals surface area contributed by atoms with E-state index in [0.29, 0.717) is 0 Å². The Morgan fingerprint density at radius 1 is 0.694 bits per heavy atom. The minimum atomic E-state index is -1.53. The van der Waals surface area contributed by atoms with Crippen LogP contribution < -0.4 is 49.1 Å². The second-order valence-electron chi connectivity index (χ2n) is 12.3. The molecule has 49 heavy (non-hydrogen) atoms. The van der Waals surface area contributed by atoms with Crippen molar-refractivity contribution in [3.63, 3.8) is 0 Å². The largest absolute Gasteiger partial charge is 0.480 e. The molecule has 0 aliphatic rings. The van der Waals surface area contributed by atoms with Crippen LogP contribution in [0.4, 0.5) is 0 Å². The summed E-state index contributed by atoms with van der Waals surface area (Å²) in [6.45, 7) is 8.52. The molecule has 0 saturated carbocycles. The molecule has 0 bridgehead atoms. The van der Waals surface area contributed by atoms with Crippen LogP contribution in [-0.4, -0.2) is 119 Å². The summed E-state index contributed by atoms with van der Waals surface area (Å²) in [6, 6.07) is -7.14. The molecule has 0 fully saturated rings. The number of carbonyl (C=O) groups is 7. The Labute approximate surface area is 291 Å². The number of amides is 6. The van der Waals surface area contributed by atoms with Crippen molar-refractivity contribution in [2.24, 2.45) is 39.9 Å². The van der Waals surface area contributed by atoms with Crippen LogP contribution in [0.15, 0.2) is 4.99 Å². The minimum Gasteiger partial charge on any atom is -0.480 e. The number of rotatable bonds is 22. The lowest BCUT2D eigenvalue weighted by atomic mass is 9.99. The number of aliphatic hydroxyl groups is 1. The molecule has 6 atom stereocenters. The molecule has 0 aromatic heterocycles. The van der Waals surface area contributed by atoms with E-state index in [1.807, 2.05) is 0 Å². The fourth-order valence-corrected chi connectivity index (χ4v) is 4.35. The normalized spacial score (nSPS) is 14.8. The first-order chi connectivity index (χ1) is 22.8. The third-order valence-electron chi connectivity index (χ3n) is 7.09. The second-order valence-corrected chi connectivity index (χ2v) is 12.7. The quantitative estimate of drug-likeness (QED) is 0.0220. The minimum absolute atomic E-state index is 0.000998. The predicted octanol–water partition coefficient (Wildman–Crippen LogP) is -4.12. The Morgan fingerprint density at radius 3 is 1.61 bits per heavy atom. The molecule has 14 N–H and O–H groups in total. The highest BCUT2D eigenvalue weighted by Gasteiger charge is 2.33. The number of nitrogens with one attached hydrogen (secondary N) is 6. The summed E-state index contributed by atoms with van der Waals surface area (Å²) < 4.78 is 0. The number of aliphatic carboxylic acids is 1. The van der Waals surface area contributed by atoms with Crippen LogP contribution in [0.3, 0.4) is 0 Å². The Hall–Kier alpha value is -4.17. The zero-order valence-corrected chi connectivity index (χ0v) is 29.7. The summed E-state index contributed by atoms with van der Waals surface area (Å²) >= 11 is 3.98. The Bertz CT molecular complexity index is 1180. The SMILES string of the molecule is CC(C)[C@H](NC(=O)[C@H](CO)NC(=O)CNC(=O)[C@@H](NC(=O)[C@@H](NC(=O)[C@@H](N)CS)C(C)C)C(C)C)C(=O)N[C@@H](CCCN=C(N)N)C(=O)O. The van der Waals surface area contributed by atoms with Crippen LogP contribution in [0.2, 0.25) is 0 Å². The van der Waals surface area contributed by atoms with Crippen LogP contribution in [0.25, 0.3) is 0 Å². The first-order valence-electron chi connectivity index (χ1n) is 15.8. The second kappa shape index (κ2) is 22.5. The molecule has 0 rings (SSSR count). The van der Waals surface area contributed by atoms with Gasteiger partial charge in [0, 0.05) is 12.3 Å². The van der Waals surface area contributed by atoms with E-state index < -0.39 is 103 Å². The zero-order chi connectivity index (χ0) is 38.0. The van der Waals surface area contributed by atoms with Gasteiger partial charge in [-0.25, -0.2) is 4.79 Å². The van der Waals surface area contributed by atoms with E-state index in [1.165, 1.54) is 0 Å². The molecule has 280 valence electrons. The lowest BCUT2D eigenvalue weighted by Gasteiger charge is -2.27. The third kappa shape index (κ3) is 16.7. The number of hydrogen-bond acceptors (Lipinski definition) is 11. The van der Waals surface area contributed by atoms with Crippen LogP contribution in [0, 0.1) is 17.8 Å². The van der Waals surface area contributed by atoms with Gasteiger partial charge < -0.3 is 59.3 Å². The van der Waals surface area contributed by atoms with Gasteiger partial charge in [-0.15, -0.1) is 0 Å². The van der Waals surface area contributed by atoms with Crippen molar-refractivity contribution in [2.75, 3.05) is 25.4 Å². The van der Waals surface area contributed by atoms with Crippen molar-refractivity contribution in [3.8, 4) is 0 Å². The molecule has 0 aromatic carbocycles. The summed E-state index contributed by atoms with van der Waals surface area (Å²) in [5.41, 5.74) is 16.2. The first-order valence-corrected chi connectivity index (χ1v) is 16.4. The van der Waals surface area contributed by atoms with Gasteiger partial charge in [0.2, 0.25) is 35.4 Å². The van der Waals surface area contributed by atoms with Gasteiger partial charge in [0.15, 0.2) is 5.96 Å². The lowest BCUT2D eigenvalue weighted by Crippen LogP contribution is -2.60. The maximum Gasteiger partial charge on any atom is 0.326 e. The summed E-state index contributed by atoms with van der Waals surface area (Å²) in [7, 11) is 0. The van der Waals surface area contributed by atoms with Crippen molar-refractivity contribution in [2.45, 2.75) is 90.6 Å². The number of aliphatic hydroxyl groups excluding tert-OH is 1. The molecule has 0 unspecified atom stereocenters. The first kappa shape index (κ1) is 44.8. The molecule has 0 aliphatic heterocycles. The Kier molecular flexibility index (Phi) is 20.5. The maximum atomic E-state index is 13.0. The molecule has 0 aliphatic carbocycles. The number of carboxylic acids is 1. The van der Waals surface area contributed by atoms with Crippen molar-refractivity contribution < 1.29 is 43.8 Å². The summed E-state index contributed by atoms with van der Waals surface area (Å²) in [5, 5.41) is 33.9. The van der Waals surface area contributed by atoms with Gasteiger partial charge in [-0.2, -0.15) is 12.6 Å². The van der Waals surface area contributed by atoms with Crippen LogP contribution in [-0.2, 0) is 33.6 Å². The van der Waals surface area contributed by atoms with Crippen LogP contribution >= 0.6 is 12.6 Å². The number of nitrogens with two attached hydrogens (primary N) is 3. The van der Waals surface area contributed by atoms with E-state index in [-0.39, 0.29) is 37.0 Å². The standard InChI is InChI=1S/C29H54N10O9S/c1-13(2)20(39-27(46)22(15(5)6)37-23(42)16(30)12-49)25(44)34-10-19(41)35-18(11-40)24(43)38-21(14(3)4)26(45)36-17(28(47)48)8-7-9-33-29(31)32/h13-18,20-22,40,49H,7-12,30H2,1-6H3,(H,34,44)(H,35,41)(H,36,45)(H,37,42)(H,38,43)(H,39,46)(H,47,48)(H4,31,32,33)/t16-,17-,18-,20-,21-,22-/m0/s1. The molecule has 6 amide bonds. The van der Waals surface area contributed by atoms with Gasteiger partial charge in [0.1, 0.15) is 30.2 Å². The fourth-order valence-electron chi connectivity index (χ4n) is 4.18. The van der Waals surface area contributed by atoms with E-state index in [4.69, 9.17) is 17.2 Å². The van der Waals surface area contributed by atoms with Crippen molar-refractivity contribution >= 4 is 60.0 Å². The molecule has 0 aromatic rings. The van der Waals surface area contributed by atoms with Gasteiger partial charge in [0.25, 0.3) is 0 Å². The molecule has 19 nitrogen and oxygen atoms in total. The number of thiol groups is 1. The highest BCUT2D eigenvalue weighted by molar-refractivity contribution is 7.80. The number of aliphatic imine (C=N–C) groups is 1. The highest BCUT2D eigenvalue weighted by Crippen LogP contribution is 2.08. The molecular weight excluding hydrogens is 664 g/mol. The number of hydrogen-bond donors (Lipinski definition) is 12. The average molecular weight is 719 g/mol. The van der Waals surface area contributed by atoms with E-state index in [2.05, 4.69) is 49.5 Å². The fraction of sp³-hybridized carbons (Fsp3) is 0.724. The smallest absolute Gasteiger partial charge is 0.326 e. The van der Waals surface area contributed by atoms with Crippen molar-refractivity contribution in [3.05, 3.63) is 0 Å². The number of carboxylic acid groups (broad SMARTS) is 1. The van der Waals surface area contributed by atoms with E-state index >= 15 is 0 Å². The molecule has 0 saturated heterocycles. The van der Waals surface area contributed by atoms with E-state index in [1.54, 1.807) is 41.5 Å². The van der Waals surface area contributed by atoms with Gasteiger partial charge in [-0.1, -0.05) is 41.5 Å². The van der Waals surface area contributed by atoms with Gasteiger partial charge >= 0.3 is 5.97 Å². The molecule has 0 spiro atoms. The molecule has 20 heteroatoms. The molecule has 0 heterocycles. The number of guanidine groups is 1. The van der Waals surface area contributed by atoms with Crippen molar-refractivity contribution in [1.29, 1.82) is 0 Å². The van der Waals surface area contributed by atoms with Crippen LogP contribution in [0.5, 0.6) is 0 Å². The average Bonchev–Trinajstić information content (AvgIpc) is 3.02. The van der Waals surface area contributed by atoms with E-state index in [0.717, 1.165) is 0 Å². The summed E-state index contributed by atoms with van der Waals surface area (Å²) in [5.74, 6) is -7.33. The summed E-state index contributed by atoms with van der Waals surface area (Å²) in [4.78, 5) is 92.2. The predicted molar refractivity (Wildman–Crippen MR) is 184 cm³/mol. The monoisotopic (exact) mass is 718 g/mol. The maximum absolute atomic E-state index is 13.0. The summed E-state index contributed by atoms with van der Waals surface area (Å²) in [6.07, 6.45) is 0.245. The lowest BCUT2D eigenvalue weighted by molar-refractivity contribution is -0.142.